The number of rotatable bonds is 5. The zero-order valence-corrected chi connectivity index (χ0v) is 11.0. The molecular weight excluding hydrogens is 212 g/mol. The molecule has 17 heavy (non-hydrogen) atoms. The van der Waals surface area contributed by atoms with Gasteiger partial charge in [0, 0.05) is 19.2 Å². The van der Waals surface area contributed by atoms with Crippen LogP contribution in [0.4, 0.5) is 11.6 Å². The normalized spacial score (nSPS) is 17.4. The van der Waals surface area contributed by atoms with Crippen molar-refractivity contribution < 1.29 is 0 Å². The minimum Gasteiger partial charge on any atom is -0.370 e. The average Bonchev–Trinajstić information content (AvgIpc) is 2.23. The van der Waals surface area contributed by atoms with Crippen LogP contribution in [0.2, 0.25) is 0 Å². The molecule has 1 aliphatic rings. The largest absolute Gasteiger partial charge is 0.370 e. The third kappa shape index (κ3) is 3.08. The van der Waals surface area contributed by atoms with Crippen molar-refractivity contribution in [3.63, 3.8) is 0 Å². The summed E-state index contributed by atoms with van der Waals surface area (Å²) in [5.41, 5.74) is 0.469. The van der Waals surface area contributed by atoms with E-state index in [4.69, 9.17) is 0 Å². The van der Waals surface area contributed by atoms with Gasteiger partial charge in [0.15, 0.2) is 0 Å². The van der Waals surface area contributed by atoms with Crippen LogP contribution in [0, 0.1) is 12.3 Å². The number of hydrogen-bond donors (Lipinski definition) is 2. The molecule has 0 amide bonds. The fraction of sp³-hybridized carbons (Fsp3) is 0.692. The van der Waals surface area contributed by atoms with Crippen LogP contribution in [-0.2, 0) is 0 Å². The number of nitrogens with zero attached hydrogens (tertiary/aromatic N) is 2. The van der Waals surface area contributed by atoms with Gasteiger partial charge in [-0.2, -0.15) is 0 Å². The van der Waals surface area contributed by atoms with Crippen LogP contribution in [0.15, 0.2) is 6.07 Å². The monoisotopic (exact) mass is 234 g/mol. The van der Waals surface area contributed by atoms with Crippen molar-refractivity contribution in [3.8, 4) is 0 Å². The molecule has 0 unspecified atom stereocenters. The highest BCUT2D eigenvalue weighted by molar-refractivity contribution is 5.47. The van der Waals surface area contributed by atoms with Crippen molar-refractivity contribution in [2.45, 2.75) is 40.0 Å². The van der Waals surface area contributed by atoms with Gasteiger partial charge in [0.2, 0.25) is 0 Å². The number of aryl methyl sites for hydroxylation is 1. The Morgan fingerprint density at radius 3 is 2.41 bits per heavy atom. The predicted molar refractivity (Wildman–Crippen MR) is 71.4 cm³/mol. The van der Waals surface area contributed by atoms with Gasteiger partial charge < -0.3 is 10.6 Å². The Hall–Kier alpha value is -1.32. The van der Waals surface area contributed by atoms with Gasteiger partial charge in [-0.25, -0.2) is 9.97 Å². The van der Waals surface area contributed by atoms with Crippen LogP contribution in [-0.4, -0.2) is 23.1 Å². The topological polar surface area (TPSA) is 49.8 Å². The Kier molecular flexibility index (Phi) is 3.50. The first-order chi connectivity index (χ1) is 8.11. The number of aromatic nitrogens is 2. The van der Waals surface area contributed by atoms with E-state index in [0.29, 0.717) is 5.41 Å². The molecule has 94 valence electrons. The maximum absolute atomic E-state index is 4.42. The molecule has 4 heteroatoms. The zero-order chi connectivity index (χ0) is 12.3. The molecule has 1 saturated carbocycles. The van der Waals surface area contributed by atoms with Crippen molar-refractivity contribution in [3.05, 3.63) is 11.9 Å². The molecule has 0 aliphatic heterocycles. The molecule has 2 N–H and O–H groups in total. The first kappa shape index (κ1) is 12.1. The standard InChI is InChI=1S/C13H22N4/c1-4-14-11-8-12(17-10(2)16-11)15-9-13(3)6-5-7-13/h8H,4-7,9H2,1-3H3,(H2,14,15,16,17). The Morgan fingerprint density at radius 1 is 1.24 bits per heavy atom. The van der Waals surface area contributed by atoms with Crippen LogP contribution >= 0.6 is 0 Å². The quantitative estimate of drug-likeness (QED) is 0.822. The van der Waals surface area contributed by atoms with Crippen molar-refractivity contribution in [1.82, 2.24) is 9.97 Å². The van der Waals surface area contributed by atoms with Gasteiger partial charge in [-0.05, 0) is 32.1 Å². The van der Waals surface area contributed by atoms with Crippen molar-refractivity contribution in [2.75, 3.05) is 23.7 Å². The van der Waals surface area contributed by atoms with E-state index in [-0.39, 0.29) is 0 Å². The minimum atomic E-state index is 0.469. The van der Waals surface area contributed by atoms with Gasteiger partial charge in [-0.1, -0.05) is 13.3 Å². The maximum Gasteiger partial charge on any atom is 0.131 e. The molecule has 1 aromatic heterocycles. The molecule has 2 rings (SSSR count). The summed E-state index contributed by atoms with van der Waals surface area (Å²) in [6.45, 7) is 8.22. The second kappa shape index (κ2) is 4.90. The summed E-state index contributed by atoms with van der Waals surface area (Å²) in [6.07, 6.45) is 4.01. The highest BCUT2D eigenvalue weighted by Crippen LogP contribution is 2.40. The van der Waals surface area contributed by atoms with E-state index in [2.05, 4.69) is 34.4 Å². The van der Waals surface area contributed by atoms with E-state index in [0.717, 1.165) is 30.5 Å². The zero-order valence-electron chi connectivity index (χ0n) is 11.0. The predicted octanol–water partition coefficient (Wildman–Crippen LogP) is 2.82. The lowest BCUT2D eigenvalue weighted by atomic mass is 9.70. The SMILES string of the molecule is CCNc1cc(NCC2(C)CCC2)nc(C)n1. The summed E-state index contributed by atoms with van der Waals surface area (Å²) >= 11 is 0. The number of hydrogen-bond acceptors (Lipinski definition) is 4. The molecule has 0 bridgehead atoms. The molecular formula is C13H22N4. The third-order valence-electron chi connectivity index (χ3n) is 3.45. The number of nitrogens with one attached hydrogen (secondary N) is 2. The highest BCUT2D eigenvalue weighted by atomic mass is 15.1. The lowest BCUT2D eigenvalue weighted by Gasteiger charge is -2.38. The summed E-state index contributed by atoms with van der Waals surface area (Å²) in [5, 5.41) is 6.66. The Morgan fingerprint density at radius 2 is 1.88 bits per heavy atom. The van der Waals surface area contributed by atoms with E-state index >= 15 is 0 Å². The van der Waals surface area contributed by atoms with Gasteiger partial charge in [-0.15, -0.1) is 0 Å². The van der Waals surface area contributed by atoms with E-state index < -0.39 is 0 Å². The van der Waals surface area contributed by atoms with Gasteiger partial charge in [0.05, 0.1) is 0 Å². The number of anilines is 2. The van der Waals surface area contributed by atoms with Crippen LogP contribution in [0.3, 0.4) is 0 Å². The summed E-state index contributed by atoms with van der Waals surface area (Å²) in [4.78, 5) is 8.76. The maximum atomic E-state index is 4.42. The average molecular weight is 234 g/mol. The molecule has 0 spiro atoms. The molecule has 0 radical (unpaired) electrons. The van der Waals surface area contributed by atoms with Crippen LogP contribution in [0.5, 0.6) is 0 Å². The van der Waals surface area contributed by atoms with Crippen LogP contribution in [0.25, 0.3) is 0 Å². The fourth-order valence-electron chi connectivity index (χ4n) is 2.19. The van der Waals surface area contributed by atoms with Gasteiger partial charge in [0.1, 0.15) is 17.5 Å². The van der Waals surface area contributed by atoms with Gasteiger partial charge in [0.25, 0.3) is 0 Å². The summed E-state index contributed by atoms with van der Waals surface area (Å²) < 4.78 is 0. The van der Waals surface area contributed by atoms with E-state index in [1.165, 1.54) is 19.3 Å². The summed E-state index contributed by atoms with van der Waals surface area (Å²) in [5.74, 6) is 2.65. The van der Waals surface area contributed by atoms with Crippen molar-refractivity contribution in [1.29, 1.82) is 0 Å². The Bertz CT molecular complexity index is 385. The van der Waals surface area contributed by atoms with Crippen molar-refractivity contribution >= 4 is 11.6 Å². The molecule has 0 atom stereocenters. The van der Waals surface area contributed by atoms with Gasteiger partial charge >= 0.3 is 0 Å². The second-order valence-electron chi connectivity index (χ2n) is 5.23. The molecule has 1 fully saturated rings. The van der Waals surface area contributed by atoms with Crippen molar-refractivity contribution in [2.24, 2.45) is 5.41 Å². The summed E-state index contributed by atoms with van der Waals surface area (Å²) in [7, 11) is 0. The second-order valence-corrected chi connectivity index (χ2v) is 5.23. The minimum absolute atomic E-state index is 0.469. The van der Waals surface area contributed by atoms with E-state index in [9.17, 15) is 0 Å². The first-order valence-corrected chi connectivity index (χ1v) is 6.45. The Balaban J connectivity index is 1.99. The third-order valence-corrected chi connectivity index (χ3v) is 3.45. The van der Waals surface area contributed by atoms with Crippen LogP contribution < -0.4 is 10.6 Å². The lowest BCUT2D eigenvalue weighted by Crippen LogP contribution is -2.33. The first-order valence-electron chi connectivity index (χ1n) is 6.45. The molecule has 0 aromatic carbocycles. The lowest BCUT2D eigenvalue weighted by molar-refractivity contribution is 0.180. The molecule has 1 aromatic rings. The van der Waals surface area contributed by atoms with Gasteiger partial charge in [-0.3, -0.25) is 0 Å². The molecule has 1 heterocycles. The fourth-order valence-corrected chi connectivity index (χ4v) is 2.19. The van der Waals surface area contributed by atoms with E-state index in [1.54, 1.807) is 0 Å². The van der Waals surface area contributed by atoms with E-state index in [1.807, 2.05) is 13.0 Å². The summed E-state index contributed by atoms with van der Waals surface area (Å²) in [6, 6.07) is 1.98. The van der Waals surface area contributed by atoms with Crippen LogP contribution in [0.1, 0.15) is 38.9 Å². The smallest absolute Gasteiger partial charge is 0.131 e. The molecule has 0 saturated heterocycles. The molecule has 4 nitrogen and oxygen atoms in total. The highest BCUT2D eigenvalue weighted by Gasteiger charge is 2.31. The Labute approximate surface area is 103 Å². The molecule has 1 aliphatic carbocycles.